The van der Waals surface area contributed by atoms with Gasteiger partial charge in [-0.15, -0.1) is 12.4 Å². The van der Waals surface area contributed by atoms with Crippen LogP contribution in [0.15, 0.2) is 12.1 Å². The van der Waals surface area contributed by atoms with E-state index in [0.29, 0.717) is 19.2 Å². The first kappa shape index (κ1) is 20.3. The van der Waals surface area contributed by atoms with Crippen LogP contribution >= 0.6 is 12.4 Å². The lowest BCUT2D eigenvalue weighted by Crippen LogP contribution is -2.40. The monoisotopic (exact) mass is 341 g/mol. The Labute approximate surface area is 147 Å². The summed E-state index contributed by atoms with van der Waals surface area (Å²) in [6.07, 6.45) is 6.10. The van der Waals surface area contributed by atoms with E-state index >= 15 is 0 Å². The molecule has 0 bridgehead atoms. The summed E-state index contributed by atoms with van der Waals surface area (Å²) in [5, 5.41) is 10.3. The zero-order valence-corrected chi connectivity index (χ0v) is 15.8. The number of rotatable bonds is 6. The second-order valence-electron chi connectivity index (χ2n) is 6.90. The van der Waals surface area contributed by atoms with Crippen molar-refractivity contribution in [2.45, 2.75) is 65.0 Å². The average Bonchev–Trinajstić information content (AvgIpc) is 2.50. The lowest BCUT2D eigenvalue weighted by Gasteiger charge is -2.32. The van der Waals surface area contributed by atoms with E-state index in [0.717, 1.165) is 5.75 Å². The molecule has 1 aliphatic carbocycles. The van der Waals surface area contributed by atoms with Crippen LogP contribution in [-0.4, -0.2) is 42.4 Å². The number of ether oxygens (including phenoxy) is 1. The molecule has 1 saturated carbocycles. The van der Waals surface area contributed by atoms with Crippen LogP contribution in [0.1, 0.15) is 48.8 Å². The van der Waals surface area contributed by atoms with Gasteiger partial charge in [0.2, 0.25) is 0 Å². The highest BCUT2D eigenvalue weighted by molar-refractivity contribution is 5.85. The maximum absolute atomic E-state index is 10.3. The molecule has 0 radical (unpaired) electrons. The third-order valence-corrected chi connectivity index (χ3v) is 4.89. The first-order valence-electron chi connectivity index (χ1n) is 8.56. The largest absolute Gasteiger partial charge is 0.491 e. The molecule has 1 fully saturated rings. The summed E-state index contributed by atoms with van der Waals surface area (Å²) >= 11 is 0. The zero-order chi connectivity index (χ0) is 16.1. The molecule has 0 heterocycles. The smallest absolute Gasteiger partial charge is 0.122 e. The van der Waals surface area contributed by atoms with E-state index in [1.807, 2.05) is 0 Å². The van der Waals surface area contributed by atoms with Gasteiger partial charge in [0.15, 0.2) is 0 Å². The lowest BCUT2D eigenvalue weighted by atomic mass is 9.94. The summed E-state index contributed by atoms with van der Waals surface area (Å²) in [6.45, 7) is 7.30. The Balaban J connectivity index is 0.00000264. The van der Waals surface area contributed by atoms with E-state index in [9.17, 15) is 5.11 Å². The molecular formula is C19H32ClNO2. The maximum Gasteiger partial charge on any atom is 0.122 e. The van der Waals surface area contributed by atoms with Crippen LogP contribution in [0, 0.1) is 20.8 Å². The zero-order valence-electron chi connectivity index (χ0n) is 15.0. The number of likely N-dealkylation sites (N-methyl/N-ethyl adjacent to an activating group) is 1. The van der Waals surface area contributed by atoms with Gasteiger partial charge in [0, 0.05) is 12.6 Å². The number of hydrogen-bond acceptors (Lipinski definition) is 3. The third-order valence-electron chi connectivity index (χ3n) is 4.89. The maximum atomic E-state index is 10.3. The van der Waals surface area contributed by atoms with Crippen molar-refractivity contribution in [1.29, 1.82) is 0 Å². The summed E-state index contributed by atoms with van der Waals surface area (Å²) in [7, 11) is 2.13. The molecule has 2 rings (SSSR count). The summed E-state index contributed by atoms with van der Waals surface area (Å²) in [5.41, 5.74) is 3.61. The van der Waals surface area contributed by atoms with E-state index in [-0.39, 0.29) is 12.4 Å². The number of halogens is 1. The highest BCUT2D eigenvalue weighted by Gasteiger charge is 2.20. The molecule has 132 valence electrons. The van der Waals surface area contributed by atoms with Crippen molar-refractivity contribution >= 4 is 12.4 Å². The molecule has 0 spiro atoms. The molecule has 0 aromatic heterocycles. The van der Waals surface area contributed by atoms with Crippen molar-refractivity contribution in [2.24, 2.45) is 0 Å². The normalized spacial score (nSPS) is 17.0. The van der Waals surface area contributed by atoms with Gasteiger partial charge in [-0.05, 0) is 63.4 Å². The van der Waals surface area contributed by atoms with Gasteiger partial charge in [-0.1, -0.05) is 25.3 Å². The van der Waals surface area contributed by atoms with Crippen molar-refractivity contribution in [3.8, 4) is 5.75 Å². The Morgan fingerprint density at radius 1 is 1.17 bits per heavy atom. The van der Waals surface area contributed by atoms with Crippen LogP contribution in [0.5, 0.6) is 5.75 Å². The molecule has 1 aliphatic rings. The fraction of sp³-hybridized carbons (Fsp3) is 0.684. The molecule has 3 nitrogen and oxygen atoms in total. The molecule has 23 heavy (non-hydrogen) atoms. The lowest BCUT2D eigenvalue weighted by molar-refractivity contribution is 0.0559. The van der Waals surface area contributed by atoms with Crippen LogP contribution in [0.25, 0.3) is 0 Å². The molecule has 0 saturated heterocycles. The van der Waals surface area contributed by atoms with Crippen molar-refractivity contribution < 1.29 is 9.84 Å². The molecule has 1 N–H and O–H groups in total. The molecule has 0 amide bonds. The van der Waals surface area contributed by atoms with Crippen molar-refractivity contribution in [3.63, 3.8) is 0 Å². The number of hydrogen-bond donors (Lipinski definition) is 1. The molecular weight excluding hydrogens is 310 g/mol. The van der Waals surface area contributed by atoms with Crippen molar-refractivity contribution in [3.05, 3.63) is 28.8 Å². The van der Waals surface area contributed by atoms with E-state index in [2.05, 4.69) is 44.9 Å². The quantitative estimate of drug-likeness (QED) is 0.847. The van der Waals surface area contributed by atoms with E-state index in [1.165, 1.54) is 48.8 Å². The fourth-order valence-electron chi connectivity index (χ4n) is 3.39. The summed E-state index contributed by atoms with van der Waals surface area (Å²) in [4.78, 5) is 2.31. The van der Waals surface area contributed by atoms with Gasteiger partial charge in [-0.2, -0.15) is 0 Å². The molecule has 1 atom stereocenters. The summed E-state index contributed by atoms with van der Waals surface area (Å²) < 4.78 is 5.87. The standard InChI is InChI=1S/C19H31NO2.ClH/c1-14-10-15(2)16(3)19(11-14)22-13-18(21)12-20(4)17-8-6-5-7-9-17;/h10-11,17-18,21H,5-9,12-13H2,1-4H3;1H. The molecule has 4 heteroatoms. The van der Waals surface area contributed by atoms with Crippen molar-refractivity contribution in [1.82, 2.24) is 4.90 Å². The molecule has 0 aliphatic heterocycles. The highest BCUT2D eigenvalue weighted by Crippen LogP contribution is 2.24. The first-order chi connectivity index (χ1) is 10.5. The van der Waals surface area contributed by atoms with E-state index in [4.69, 9.17) is 4.74 Å². The number of aliphatic hydroxyl groups excluding tert-OH is 1. The average molecular weight is 342 g/mol. The minimum absolute atomic E-state index is 0. The Morgan fingerprint density at radius 3 is 2.48 bits per heavy atom. The number of nitrogens with zero attached hydrogens (tertiary/aromatic N) is 1. The van der Waals surface area contributed by atoms with E-state index in [1.54, 1.807) is 0 Å². The van der Waals surface area contributed by atoms with Crippen LogP contribution in [0.4, 0.5) is 0 Å². The predicted molar refractivity (Wildman–Crippen MR) is 98.9 cm³/mol. The van der Waals surface area contributed by atoms with Crippen LogP contribution in [0.3, 0.4) is 0 Å². The Morgan fingerprint density at radius 2 is 1.83 bits per heavy atom. The minimum Gasteiger partial charge on any atom is -0.491 e. The van der Waals surface area contributed by atoms with Gasteiger partial charge >= 0.3 is 0 Å². The Bertz CT molecular complexity index is 487. The molecule has 1 aromatic rings. The summed E-state index contributed by atoms with van der Waals surface area (Å²) in [6, 6.07) is 4.85. The number of aryl methyl sites for hydroxylation is 2. The van der Waals surface area contributed by atoms with Gasteiger partial charge in [0.1, 0.15) is 18.5 Å². The van der Waals surface area contributed by atoms with Gasteiger partial charge in [0.25, 0.3) is 0 Å². The van der Waals surface area contributed by atoms with Crippen molar-refractivity contribution in [2.75, 3.05) is 20.2 Å². The third kappa shape index (κ3) is 5.98. The predicted octanol–water partition coefficient (Wildman–Crippen LogP) is 4.04. The van der Waals surface area contributed by atoms with Gasteiger partial charge in [-0.3, -0.25) is 0 Å². The Kier molecular flexibility index (Phi) is 8.38. The topological polar surface area (TPSA) is 32.7 Å². The Hall–Kier alpha value is -0.770. The first-order valence-corrected chi connectivity index (χ1v) is 8.56. The number of benzene rings is 1. The molecule has 1 aromatic carbocycles. The highest BCUT2D eigenvalue weighted by atomic mass is 35.5. The van der Waals surface area contributed by atoms with Gasteiger partial charge < -0.3 is 14.7 Å². The second kappa shape index (κ2) is 9.51. The molecule has 1 unspecified atom stereocenters. The van der Waals surface area contributed by atoms with E-state index < -0.39 is 6.10 Å². The second-order valence-corrected chi connectivity index (χ2v) is 6.90. The van der Waals surface area contributed by atoms with Gasteiger partial charge in [0.05, 0.1) is 0 Å². The van der Waals surface area contributed by atoms with Crippen LogP contribution < -0.4 is 4.74 Å². The van der Waals surface area contributed by atoms with Gasteiger partial charge in [-0.25, -0.2) is 0 Å². The number of aliphatic hydroxyl groups is 1. The van der Waals surface area contributed by atoms with Crippen LogP contribution in [0.2, 0.25) is 0 Å². The minimum atomic E-state index is -0.438. The SMILES string of the molecule is Cc1cc(C)c(C)c(OCC(O)CN(C)C2CCCCC2)c1.Cl. The summed E-state index contributed by atoms with van der Waals surface area (Å²) in [5.74, 6) is 0.900. The van der Waals surface area contributed by atoms with Crippen LogP contribution in [-0.2, 0) is 0 Å². The fourth-order valence-corrected chi connectivity index (χ4v) is 3.39.